The Morgan fingerprint density at radius 2 is 1.82 bits per heavy atom. The van der Waals surface area contributed by atoms with E-state index in [9.17, 15) is 9.59 Å². The monoisotopic (exact) mass is 579 g/mol. The van der Waals surface area contributed by atoms with Crippen LogP contribution in [-0.4, -0.2) is 132 Å². The minimum atomic E-state index is -1.18. The Labute approximate surface area is 243 Å². The number of nitrogens with zero attached hydrogens (tertiary/aromatic N) is 4. The molecular formula is C30H47ClFN5O3. The third-order valence-corrected chi connectivity index (χ3v) is 10.6. The van der Waals surface area contributed by atoms with Crippen LogP contribution >= 0.6 is 11.6 Å². The number of nitrogens with one attached hydrogen (secondary N) is 1. The summed E-state index contributed by atoms with van der Waals surface area (Å²) in [6, 6.07) is -0.579. The number of ketones is 1. The summed E-state index contributed by atoms with van der Waals surface area (Å²) in [5.74, 6) is -0.519. The second-order valence-corrected chi connectivity index (χ2v) is 14.0. The van der Waals surface area contributed by atoms with E-state index >= 15 is 4.39 Å². The second kappa shape index (κ2) is 12.2. The molecular weight excluding hydrogens is 533 g/mol. The molecule has 10 heteroatoms. The number of halogens is 2. The van der Waals surface area contributed by atoms with Crippen LogP contribution in [0, 0.1) is 11.8 Å². The Morgan fingerprint density at radius 3 is 2.55 bits per heavy atom. The highest BCUT2D eigenvalue weighted by Crippen LogP contribution is 2.47. The van der Waals surface area contributed by atoms with E-state index in [0.717, 1.165) is 65.2 Å². The summed E-state index contributed by atoms with van der Waals surface area (Å²) in [5, 5.41) is 3.02. The maximum atomic E-state index is 16.2. The molecule has 0 aromatic heterocycles. The van der Waals surface area contributed by atoms with Crippen LogP contribution in [0.25, 0.3) is 0 Å². The van der Waals surface area contributed by atoms with E-state index in [-0.39, 0.29) is 47.2 Å². The summed E-state index contributed by atoms with van der Waals surface area (Å²) in [4.78, 5) is 36.5. The van der Waals surface area contributed by atoms with Gasteiger partial charge >= 0.3 is 0 Å². The summed E-state index contributed by atoms with van der Waals surface area (Å²) < 4.78 is 23.0. The molecule has 40 heavy (non-hydrogen) atoms. The molecule has 4 aliphatic heterocycles. The highest BCUT2D eigenvalue weighted by atomic mass is 35.5. The minimum Gasteiger partial charge on any atom is -0.369 e. The van der Waals surface area contributed by atoms with Crippen molar-refractivity contribution in [1.82, 2.24) is 24.9 Å². The molecule has 6 aliphatic rings. The number of hydrogen-bond donors (Lipinski definition) is 1. The van der Waals surface area contributed by atoms with Gasteiger partial charge in [0.2, 0.25) is 0 Å². The number of ether oxygens (including phenoxy) is 1. The average molecular weight is 580 g/mol. The third-order valence-electron chi connectivity index (χ3n) is 10.2. The molecule has 0 radical (unpaired) electrons. The molecule has 8 atom stereocenters. The summed E-state index contributed by atoms with van der Waals surface area (Å²) in [7, 11) is 0. The zero-order valence-corrected chi connectivity index (χ0v) is 24.9. The van der Waals surface area contributed by atoms with Gasteiger partial charge in [-0.3, -0.25) is 14.5 Å². The summed E-state index contributed by atoms with van der Waals surface area (Å²) in [6.07, 6.45) is 5.05. The summed E-state index contributed by atoms with van der Waals surface area (Å²) in [5.41, 5.74) is 0.183. The summed E-state index contributed by atoms with van der Waals surface area (Å²) in [6.45, 7) is 12.4. The molecule has 224 valence electrons. The van der Waals surface area contributed by atoms with Crippen molar-refractivity contribution in [2.75, 3.05) is 58.9 Å². The number of rotatable bonds is 7. The Bertz CT molecular complexity index is 969. The van der Waals surface area contributed by atoms with Crippen LogP contribution in [0.3, 0.4) is 0 Å². The van der Waals surface area contributed by atoms with Crippen LogP contribution in [0.15, 0.2) is 11.8 Å². The van der Waals surface area contributed by atoms with Crippen molar-refractivity contribution in [1.29, 1.82) is 0 Å². The fourth-order valence-corrected chi connectivity index (χ4v) is 8.63. The van der Waals surface area contributed by atoms with Crippen LogP contribution < -0.4 is 5.32 Å². The summed E-state index contributed by atoms with van der Waals surface area (Å²) >= 11 is 6.60. The van der Waals surface area contributed by atoms with E-state index in [1.54, 1.807) is 0 Å². The first-order chi connectivity index (χ1) is 19.3. The molecule has 2 aliphatic carbocycles. The smallest absolute Gasteiger partial charge is 0.256 e. The molecule has 4 heterocycles. The van der Waals surface area contributed by atoms with Gasteiger partial charge in [-0.1, -0.05) is 13.8 Å². The van der Waals surface area contributed by atoms with Gasteiger partial charge in [-0.25, -0.2) is 4.39 Å². The molecule has 1 N–H and O–H groups in total. The highest BCUT2D eigenvalue weighted by molar-refractivity contribution is 6.21. The van der Waals surface area contributed by atoms with E-state index < -0.39 is 24.2 Å². The molecule has 6 rings (SSSR count). The molecule has 3 saturated heterocycles. The molecule has 0 aromatic carbocycles. The lowest BCUT2D eigenvalue weighted by molar-refractivity contribution is -0.212. The number of Topliss-reactive ketones (excluding diaryl/α,β-unsaturated/α-hetero) is 1. The van der Waals surface area contributed by atoms with Gasteiger partial charge < -0.3 is 24.8 Å². The number of hydrogen-bond acceptors (Lipinski definition) is 7. The van der Waals surface area contributed by atoms with Gasteiger partial charge in [0.15, 0.2) is 5.78 Å². The predicted molar refractivity (Wildman–Crippen MR) is 153 cm³/mol. The molecule has 0 spiro atoms. The number of alkyl halides is 2. The van der Waals surface area contributed by atoms with E-state index in [0.29, 0.717) is 18.9 Å². The van der Waals surface area contributed by atoms with Crippen molar-refractivity contribution >= 4 is 23.3 Å². The first-order valence-corrected chi connectivity index (χ1v) is 16.2. The standard InChI is InChI=1S/C30H47ClFN5O3/c1-19(2)17-35-11-13-36(14-12-35)27-23(32)16-21-26-29(27)40-25-15-20(31)5-6-24(25)37(26)18-22(28(21)38)30(39)33-7-10-34-8-3-4-9-34/h18-21,23-27,29H,3-17H2,1-2H3,(H,33,39). The normalized spacial score (nSPS) is 39.2. The van der Waals surface area contributed by atoms with Gasteiger partial charge in [0.05, 0.1) is 35.9 Å². The fourth-order valence-electron chi connectivity index (χ4n) is 8.32. The lowest BCUT2D eigenvalue weighted by Gasteiger charge is -2.61. The van der Waals surface area contributed by atoms with Crippen LogP contribution in [0.4, 0.5) is 4.39 Å². The quantitative estimate of drug-likeness (QED) is 0.367. The Morgan fingerprint density at radius 1 is 1.07 bits per heavy atom. The van der Waals surface area contributed by atoms with Gasteiger partial charge in [0.25, 0.3) is 5.91 Å². The largest absolute Gasteiger partial charge is 0.369 e. The SMILES string of the molecule is CC(C)CN1CCN(C2C(F)CC3C(=O)C(C(=O)NCCN4CCCC4)=CN4C5CCC(Cl)CC5OC2C34)CC1. The van der Waals surface area contributed by atoms with Crippen molar-refractivity contribution in [3.05, 3.63) is 11.8 Å². The van der Waals surface area contributed by atoms with Gasteiger partial charge in [-0.2, -0.15) is 0 Å². The van der Waals surface area contributed by atoms with Crippen molar-refractivity contribution in [3.63, 3.8) is 0 Å². The maximum Gasteiger partial charge on any atom is 0.256 e. The highest BCUT2D eigenvalue weighted by Gasteiger charge is 2.60. The topological polar surface area (TPSA) is 68.4 Å². The number of fused-ring (bicyclic) bond motifs is 2. The molecule has 1 amide bonds. The van der Waals surface area contributed by atoms with E-state index in [1.165, 1.54) is 12.8 Å². The molecule has 0 aromatic rings. The number of amides is 1. The number of carbonyl (C=O) groups excluding carboxylic acids is 2. The van der Waals surface area contributed by atoms with E-state index in [1.807, 2.05) is 6.20 Å². The minimum absolute atomic E-state index is 0.0279. The Hall–Kier alpha value is -1.26. The first-order valence-electron chi connectivity index (χ1n) is 15.7. The van der Waals surface area contributed by atoms with Crippen molar-refractivity contribution in [2.45, 2.75) is 94.3 Å². The first kappa shape index (κ1) is 28.8. The van der Waals surface area contributed by atoms with Crippen LogP contribution in [0.1, 0.15) is 52.4 Å². The van der Waals surface area contributed by atoms with Crippen LogP contribution in [0.2, 0.25) is 0 Å². The van der Waals surface area contributed by atoms with Gasteiger partial charge in [-0.05, 0) is 57.5 Å². The Balaban J connectivity index is 1.23. The van der Waals surface area contributed by atoms with Crippen LogP contribution in [-0.2, 0) is 14.3 Å². The Kier molecular flexibility index (Phi) is 8.76. The molecule has 0 bridgehead atoms. The van der Waals surface area contributed by atoms with Crippen molar-refractivity contribution < 1.29 is 18.7 Å². The van der Waals surface area contributed by atoms with Crippen LogP contribution in [0.5, 0.6) is 0 Å². The van der Waals surface area contributed by atoms with E-state index in [2.05, 4.69) is 38.8 Å². The maximum absolute atomic E-state index is 16.2. The average Bonchev–Trinajstić information content (AvgIpc) is 3.44. The lowest BCUT2D eigenvalue weighted by Crippen LogP contribution is -2.74. The lowest BCUT2D eigenvalue weighted by atomic mass is 9.69. The molecule has 8 nitrogen and oxygen atoms in total. The number of piperazine rings is 1. The van der Waals surface area contributed by atoms with Gasteiger partial charge in [-0.15, -0.1) is 11.6 Å². The fraction of sp³-hybridized carbons (Fsp3) is 0.867. The second-order valence-electron chi connectivity index (χ2n) is 13.3. The number of carbonyl (C=O) groups is 2. The molecule has 8 unspecified atom stereocenters. The predicted octanol–water partition coefficient (Wildman–Crippen LogP) is 2.26. The zero-order chi connectivity index (χ0) is 28.0. The van der Waals surface area contributed by atoms with Crippen molar-refractivity contribution in [2.24, 2.45) is 11.8 Å². The third kappa shape index (κ3) is 5.70. The molecule has 5 fully saturated rings. The number of likely N-dealkylation sites (tertiary alicyclic amines) is 1. The zero-order valence-electron chi connectivity index (χ0n) is 24.1. The number of morpholine rings is 1. The van der Waals surface area contributed by atoms with E-state index in [4.69, 9.17) is 16.3 Å². The molecule has 2 saturated carbocycles. The van der Waals surface area contributed by atoms with Gasteiger partial charge in [0, 0.05) is 63.3 Å². The van der Waals surface area contributed by atoms with Crippen molar-refractivity contribution in [3.8, 4) is 0 Å². The van der Waals surface area contributed by atoms with Gasteiger partial charge in [0.1, 0.15) is 6.17 Å².